The van der Waals surface area contributed by atoms with Gasteiger partial charge in [-0.25, -0.2) is 9.59 Å². The number of ether oxygens (including phenoxy) is 1. The number of hydrogen-bond donors (Lipinski definition) is 2. The number of alkyl carbamates (subject to hydrolysis) is 1. The van der Waals surface area contributed by atoms with Crippen molar-refractivity contribution in [2.24, 2.45) is 0 Å². The van der Waals surface area contributed by atoms with E-state index < -0.39 is 12.1 Å². The van der Waals surface area contributed by atoms with E-state index in [4.69, 9.17) is 14.3 Å². The Bertz CT molecular complexity index is 962. The van der Waals surface area contributed by atoms with E-state index in [2.05, 4.69) is 17.4 Å². The average Bonchev–Trinajstić information content (AvgIpc) is 3.28. The highest BCUT2D eigenvalue weighted by molar-refractivity contribution is 5.88. The molecule has 0 saturated carbocycles. The molecular formula is C21H17NO5. The minimum absolute atomic E-state index is 0.0222. The Morgan fingerprint density at radius 3 is 2.26 bits per heavy atom. The normalized spacial score (nSPS) is 12.3. The molecule has 6 nitrogen and oxygen atoms in total. The molecule has 0 fully saturated rings. The first-order valence-electron chi connectivity index (χ1n) is 8.53. The number of benzene rings is 2. The molecule has 2 aromatic carbocycles. The van der Waals surface area contributed by atoms with Gasteiger partial charge in [0, 0.05) is 5.92 Å². The minimum atomic E-state index is -1.10. The molecular weight excluding hydrogens is 346 g/mol. The maximum Gasteiger partial charge on any atom is 0.407 e. The lowest BCUT2D eigenvalue weighted by atomic mass is 9.98. The van der Waals surface area contributed by atoms with Crippen molar-refractivity contribution in [1.29, 1.82) is 0 Å². The second-order valence-electron chi connectivity index (χ2n) is 6.24. The number of amides is 1. The number of hydrogen-bond acceptors (Lipinski definition) is 4. The van der Waals surface area contributed by atoms with Gasteiger partial charge in [0.15, 0.2) is 0 Å². The van der Waals surface area contributed by atoms with Gasteiger partial charge in [0.1, 0.15) is 17.9 Å². The Morgan fingerprint density at radius 1 is 1.00 bits per heavy atom. The lowest BCUT2D eigenvalue weighted by molar-refractivity contribution is 0.0693. The van der Waals surface area contributed by atoms with Gasteiger partial charge in [0.2, 0.25) is 0 Å². The molecule has 0 radical (unpaired) electrons. The molecule has 0 aliphatic heterocycles. The monoisotopic (exact) mass is 363 g/mol. The Kier molecular flexibility index (Phi) is 4.38. The number of furan rings is 1. The summed E-state index contributed by atoms with van der Waals surface area (Å²) in [6.07, 6.45) is 0.655. The van der Waals surface area contributed by atoms with Crippen LogP contribution in [0.2, 0.25) is 0 Å². The third-order valence-corrected chi connectivity index (χ3v) is 4.71. The largest absolute Gasteiger partial charge is 0.478 e. The van der Waals surface area contributed by atoms with Gasteiger partial charge in [0.05, 0.1) is 12.8 Å². The summed E-state index contributed by atoms with van der Waals surface area (Å²) >= 11 is 0. The number of carboxylic acid groups (broad SMARTS) is 1. The van der Waals surface area contributed by atoms with Gasteiger partial charge in [-0.1, -0.05) is 48.5 Å². The van der Waals surface area contributed by atoms with Crippen LogP contribution in [0.25, 0.3) is 11.1 Å². The predicted octanol–water partition coefficient (Wildman–Crippen LogP) is 4.02. The first-order valence-corrected chi connectivity index (χ1v) is 8.53. The second-order valence-corrected chi connectivity index (χ2v) is 6.24. The molecule has 1 heterocycles. The van der Waals surface area contributed by atoms with Crippen molar-refractivity contribution >= 4 is 12.1 Å². The summed E-state index contributed by atoms with van der Waals surface area (Å²) in [5.41, 5.74) is 4.60. The molecule has 3 aromatic rings. The summed E-state index contributed by atoms with van der Waals surface area (Å²) in [6, 6.07) is 17.5. The van der Waals surface area contributed by atoms with Crippen LogP contribution in [0.1, 0.15) is 33.2 Å². The first kappa shape index (κ1) is 16.9. The molecule has 1 aromatic heterocycles. The molecule has 4 rings (SSSR count). The molecule has 0 spiro atoms. The fourth-order valence-corrected chi connectivity index (χ4v) is 3.47. The quantitative estimate of drug-likeness (QED) is 0.715. The Morgan fingerprint density at radius 2 is 1.63 bits per heavy atom. The van der Waals surface area contributed by atoms with Crippen LogP contribution in [0.3, 0.4) is 0 Å². The average molecular weight is 363 g/mol. The Hall–Kier alpha value is -3.54. The summed E-state index contributed by atoms with van der Waals surface area (Å²) in [7, 11) is 0. The molecule has 2 N–H and O–H groups in total. The summed E-state index contributed by atoms with van der Waals surface area (Å²) in [4.78, 5) is 23.1. The third kappa shape index (κ3) is 3.17. The lowest BCUT2D eigenvalue weighted by Crippen LogP contribution is -2.26. The van der Waals surface area contributed by atoms with E-state index in [9.17, 15) is 9.59 Å². The molecule has 136 valence electrons. The van der Waals surface area contributed by atoms with Crippen molar-refractivity contribution in [2.75, 3.05) is 6.61 Å². The zero-order chi connectivity index (χ0) is 18.8. The highest BCUT2D eigenvalue weighted by atomic mass is 16.5. The predicted molar refractivity (Wildman–Crippen MR) is 97.6 cm³/mol. The Balaban J connectivity index is 1.42. The van der Waals surface area contributed by atoms with Crippen LogP contribution in [0.5, 0.6) is 0 Å². The van der Waals surface area contributed by atoms with Crippen LogP contribution in [0.4, 0.5) is 4.79 Å². The number of aromatic carboxylic acids is 1. The summed E-state index contributed by atoms with van der Waals surface area (Å²) < 4.78 is 10.5. The van der Waals surface area contributed by atoms with E-state index in [0.717, 1.165) is 22.3 Å². The molecule has 1 aliphatic rings. The molecule has 27 heavy (non-hydrogen) atoms. The van der Waals surface area contributed by atoms with Crippen LogP contribution in [-0.4, -0.2) is 23.8 Å². The number of fused-ring (bicyclic) bond motifs is 3. The number of nitrogens with one attached hydrogen (secondary N) is 1. The van der Waals surface area contributed by atoms with E-state index in [1.165, 1.54) is 12.3 Å². The molecule has 6 heteroatoms. The van der Waals surface area contributed by atoms with Crippen molar-refractivity contribution < 1.29 is 23.8 Å². The molecule has 1 amide bonds. The molecule has 0 unspecified atom stereocenters. The lowest BCUT2D eigenvalue weighted by Gasteiger charge is -2.14. The van der Waals surface area contributed by atoms with Crippen molar-refractivity contribution in [3.05, 3.63) is 83.3 Å². The van der Waals surface area contributed by atoms with E-state index in [-0.39, 0.29) is 30.4 Å². The summed E-state index contributed by atoms with van der Waals surface area (Å²) in [6.45, 7) is 0.148. The van der Waals surface area contributed by atoms with E-state index in [0.29, 0.717) is 0 Å². The molecule has 0 atom stereocenters. The van der Waals surface area contributed by atoms with Crippen LogP contribution in [0, 0.1) is 0 Å². The van der Waals surface area contributed by atoms with E-state index in [1.807, 2.05) is 36.4 Å². The van der Waals surface area contributed by atoms with E-state index in [1.54, 1.807) is 0 Å². The molecule has 1 aliphatic carbocycles. The Labute approximate surface area is 155 Å². The van der Waals surface area contributed by atoms with Gasteiger partial charge in [-0.15, -0.1) is 0 Å². The SMILES string of the molecule is O=C(NCc1occc1C(=O)O)OCC1c2ccccc2-c2ccccc21. The van der Waals surface area contributed by atoms with Gasteiger partial charge in [-0.05, 0) is 28.3 Å². The smallest absolute Gasteiger partial charge is 0.407 e. The molecule has 0 bridgehead atoms. The number of carbonyl (C=O) groups is 2. The highest BCUT2D eigenvalue weighted by Crippen LogP contribution is 2.44. The molecule has 0 saturated heterocycles. The zero-order valence-electron chi connectivity index (χ0n) is 14.3. The van der Waals surface area contributed by atoms with Gasteiger partial charge in [-0.2, -0.15) is 0 Å². The maximum atomic E-state index is 12.1. The van der Waals surface area contributed by atoms with Crippen molar-refractivity contribution in [3.63, 3.8) is 0 Å². The summed E-state index contributed by atoms with van der Waals surface area (Å²) in [5.74, 6) is -0.953. The zero-order valence-corrected chi connectivity index (χ0v) is 14.3. The number of rotatable bonds is 5. The number of carboxylic acids is 1. The van der Waals surface area contributed by atoms with Gasteiger partial charge in [0.25, 0.3) is 0 Å². The van der Waals surface area contributed by atoms with Crippen LogP contribution >= 0.6 is 0 Å². The topological polar surface area (TPSA) is 88.8 Å². The fourth-order valence-electron chi connectivity index (χ4n) is 3.47. The van der Waals surface area contributed by atoms with E-state index >= 15 is 0 Å². The van der Waals surface area contributed by atoms with Gasteiger partial charge in [-0.3, -0.25) is 0 Å². The standard InChI is InChI=1S/C21H17NO5/c23-20(24)17-9-10-26-19(17)11-22-21(25)27-12-18-15-7-3-1-5-13(15)14-6-2-4-8-16(14)18/h1-10,18H,11-12H2,(H,22,25)(H,23,24). The minimum Gasteiger partial charge on any atom is -0.478 e. The second kappa shape index (κ2) is 6.99. The van der Waals surface area contributed by atoms with Crippen molar-refractivity contribution in [1.82, 2.24) is 5.32 Å². The van der Waals surface area contributed by atoms with Crippen molar-refractivity contribution in [2.45, 2.75) is 12.5 Å². The third-order valence-electron chi connectivity index (χ3n) is 4.71. The first-order chi connectivity index (χ1) is 13.1. The fraction of sp³-hybridized carbons (Fsp3) is 0.143. The van der Waals surface area contributed by atoms with Gasteiger partial charge < -0.3 is 19.6 Å². The van der Waals surface area contributed by atoms with Crippen LogP contribution in [-0.2, 0) is 11.3 Å². The summed E-state index contributed by atoms with van der Waals surface area (Å²) in [5, 5.41) is 11.6. The van der Waals surface area contributed by atoms with Crippen molar-refractivity contribution in [3.8, 4) is 11.1 Å². The maximum absolute atomic E-state index is 12.1. The highest BCUT2D eigenvalue weighted by Gasteiger charge is 2.29. The number of carbonyl (C=O) groups excluding carboxylic acids is 1. The van der Waals surface area contributed by atoms with Gasteiger partial charge >= 0.3 is 12.1 Å². The van der Waals surface area contributed by atoms with Crippen LogP contribution in [0.15, 0.2) is 65.3 Å². The van der Waals surface area contributed by atoms with Crippen LogP contribution < -0.4 is 5.32 Å².